The highest BCUT2D eigenvalue weighted by Gasteiger charge is 2.33. The average molecular weight is 348 g/mol. The highest BCUT2D eigenvalue weighted by atomic mass is 35.5. The molecule has 2 fully saturated rings. The van der Waals surface area contributed by atoms with Gasteiger partial charge in [0, 0.05) is 25.2 Å². The molecule has 1 aromatic heterocycles. The van der Waals surface area contributed by atoms with Crippen LogP contribution in [0.2, 0.25) is 8.67 Å². The van der Waals surface area contributed by atoms with Crippen molar-refractivity contribution in [1.29, 1.82) is 0 Å². The topological polar surface area (TPSA) is 49.6 Å². The second-order valence-electron chi connectivity index (χ2n) is 5.80. The Kier molecular flexibility index (Phi) is 4.76. The molecule has 2 saturated heterocycles. The van der Waals surface area contributed by atoms with Crippen LogP contribution in [0.3, 0.4) is 0 Å². The molecule has 21 heavy (non-hydrogen) atoms. The van der Waals surface area contributed by atoms with E-state index in [2.05, 4.69) is 4.90 Å². The highest BCUT2D eigenvalue weighted by molar-refractivity contribution is 7.20. The van der Waals surface area contributed by atoms with Crippen molar-refractivity contribution in [1.82, 2.24) is 9.80 Å². The van der Waals surface area contributed by atoms with Gasteiger partial charge >= 0.3 is 0 Å². The van der Waals surface area contributed by atoms with Gasteiger partial charge < -0.3 is 10.6 Å². The van der Waals surface area contributed by atoms with E-state index in [1.807, 2.05) is 4.90 Å². The Morgan fingerprint density at radius 1 is 1.24 bits per heavy atom. The van der Waals surface area contributed by atoms with Gasteiger partial charge in [-0.15, -0.1) is 11.3 Å². The number of carbonyl (C=O) groups is 1. The first-order valence-electron chi connectivity index (χ1n) is 7.28. The largest absolute Gasteiger partial charge is 0.337 e. The normalized spacial score (nSPS) is 24.7. The maximum absolute atomic E-state index is 12.5. The van der Waals surface area contributed by atoms with E-state index in [0.717, 1.165) is 45.4 Å². The Morgan fingerprint density at radius 2 is 1.95 bits per heavy atom. The third-order valence-electron chi connectivity index (χ3n) is 4.43. The Labute approximate surface area is 138 Å². The molecule has 0 spiro atoms. The third kappa shape index (κ3) is 3.37. The van der Waals surface area contributed by atoms with E-state index in [1.165, 1.54) is 11.3 Å². The van der Waals surface area contributed by atoms with Gasteiger partial charge in [0.1, 0.15) is 4.34 Å². The van der Waals surface area contributed by atoms with Crippen LogP contribution in [0, 0.1) is 0 Å². The van der Waals surface area contributed by atoms with Crippen LogP contribution in [0.5, 0.6) is 0 Å². The Morgan fingerprint density at radius 3 is 2.57 bits per heavy atom. The first-order chi connectivity index (χ1) is 10.0. The summed E-state index contributed by atoms with van der Waals surface area (Å²) in [7, 11) is 0. The lowest BCUT2D eigenvalue weighted by Gasteiger charge is -2.34. The fourth-order valence-corrected chi connectivity index (χ4v) is 4.61. The minimum absolute atomic E-state index is 0.000592. The molecule has 3 rings (SSSR count). The summed E-state index contributed by atoms with van der Waals surface area (Å²) < 4.78 is 1.04. The third-order valence-corrected chi connectivity index (χ3v) is 5.92. The minimum atomic E-state index is -0.000592. The number of likely N-dealkylation sites (tertiary alicyclic amines) is 2. The lowest BCUT2D eigenvalue weighted by molar-refractivity contribution is 0.0770. The van der Waals surface area contributed by atoms with E-state index >= 15 is 0 Å². The minimum Gasteiger partial charge on any atom is -0.337 e. The molecule has 116 valence electrons. The van der Waals surface area contributed by atoms with Gasteiger partial charge in [-0.2, -0.15) is 0 Å². The molecule has 1 amide bonds. The van der Waals surface area contributed by atoms with E-state index in [-0.39, 0.29) is 5.91 Å². The SMILES string of the molecule is NC1CCN(C2CCN(C(=O)c3cc(Cl)sc3Cl)C2)CC1. The van der Waals surface area contributed by atoms with Crippen molar-refractivity contribution in [2.45, 2.75) is 31.3 Å². The number of piperidine rings is 1. The summed E-state index contributed by atoms with van der Waals surface area (Å²) in [5.41, 5.74) is 6.48. The lowest BCUT2D eigenvalue weighted by atomic mass is 10.0. The molecule has 0 bridgehead atoms. The molecule has 2 aliphatic heterocycles. The molecule has 4 nitrogen and oxygen atoms in total. The standard InChI is InChI=1S/C14H19Cl2N3OS/c15-12-7-11(13(16)21-12)14(20)19-6-3-10(8-19)18-4-1-9(17)2-5-18/h7,9-10H,1-6,8,17H2. The summed E-state index contributed by atoms with van der Waals surface area (Å²) in [6, 6.07) is 2.46. The summed E-state index contributed by atoms with van der Waals surface area (Å²) in [5, 5.41) is 0. The molecule has 1 aromatic rings. The van der Waals surface area contributed by atoms with E-state index < -0.39 is 0 Å². The summed E-state index contributed by atoms with van der Waals surface area (Å²) in [6.07, 6.45) is 3.13. The zero-order chi connectivity index (χ0) is 15.0. The van der Waals surface area contributed by atoms with Crippen molar-refractivity contribution in [3.63, 3.8) is 0 Å². The van der Waals surface area contributed by atoms with Gasteiger partial charge in [-0.25, -0.2) is 0 Å². The molecule has 1 atom stereocenters. The van der Waals surface area contributed by atoms with E-state index in [1.54, 1.807) is 6.07 Å². The van der Waals surface area contributed by atoms with Crippen molar-refractivity contribution in [3.8, 4) is 0 Å². The zero-order valence-corrected chi connectivity index (χ0v) is 14.1. The van der Waals surface area contributed by atoms with Gasteiger partial charge in [-0.3, -0.25) is 9.69 Å². The predicted octanol–water partition coefficient (Wildman–Crippen LogP) is 2.69. The Balaban J connectivity index is 1.61. The number of nitrogens with zero attached hydrogens (tertiary/aromatic N) is 2. The first kappa shape index (κ1) is 15.6. The van der Waals surface area contributed by atoms with Crippen molar-refractivity contribution >= 4 is 40.4 Å². The first-order valence-corrected chi connectivity index (χ1v) is 8.85. The molecular formula is C14H19Cl2N3OS. The van der Waals surface area contributed by atoms with Crippen LogP contribution in [-0.2, 0) is 0 Å². The van der Waals surface area contributed by atoms with Crippen molar-refractivity contribution in [3.05, 3.63) is 20.3 Å². The molecule has 0 radical (unpaired) electrons. The van der Waals surface area contributed by atoms with Gasteiger partial charge in [0.15, 0.2) is 0 Å². The summed E-state index contributed by atoms with van der Waals surface area (Å²) in [4.78, 5) is 16.9. The molecular weight excluding hydrogens is 329 g/mol. The summed E-state index contributed by atoms with van der Waals surface area (Å²) in [6.45, 7) is 3.64. The molecule has 1 unspecified atom stereocenters. The van der Waals surface area contributed by atoms with Crippen LogP contribution in [-0.4, -0.2) is 54.0 Å². The van der Waals surface area contributed by atoms with Crippen LogP contribution >= 0.6 is 34.5 Å². The van der Waals surface area contributed by atoms with Gasteiger partial charge in [0.2, 0.25) is 0 Å². The maximum atomic E-state index is 12.5. The summed E-state index contributed by atoms with van der Waals surface area (Å²) >= 11 is 13.3. The molecule has 2 N–H and O–H groups in total. The number of carbonyl (C=O) groups excluding carboxylic acids is 1. The Hall–Kier alpha value is -0.330. The highest BCUT2D eigenvalue weighted by Crippen LogP contribution is 2.33. The second kappa shape index (κ2) is 6.42. The number of halogens is 2. The molecule has 0 aliphatic carbocycles. The monoisotopic (exact) mass is 347 g/mol. The van der Waals surface area contributed by atoms with Gasteiger partial charge in [0.05, 0.1) is 9.90 Å². The maximum Gasteiger partial charge on any atom is 0.256 e. The second-order valence-corrected chi connectivity index (χ2v) is 8.09. The number of amides is 1. The van der Waals surface area contributed by atoms with Crippen LogP contribution in [0.15, 0.2) is 6.07 Å². The van der Waals surface area contributed by atoms with Crippen LogP contribution in [0.1, 0.15) is 29.6 Å². The fraction of sp³-hybridized carbons (Fsp3) is 0.643. The number of thiophene rings is 1. The average Bonchev–Trinajstić information content (AvgIpc) is 3.06. The molecule has 7 heteroatoms. The number of nitrogens with two attached hydrogens (primary N) is 1. The van der Waals surface area contributed by atoms with Gasteiger partial charge in [-0.1, -0.05) is 23.2 Å². The zero-order valence-electron chi connectivity index (χ0n) is 11.7. The van der Waals surface area contributed by atoms with Crippen molar-refractivity contribution < 1.29 is 4.79 Å². The molecule has 2 aliphatic rings. The van der Waals surface area contributed by atoms with Crippen LogP contribution in [0.4, 0.5) is 0 Å². The molecule has 3 heterocycles. The van der Waals surface area contributed by atoms with Crippen molar-refractivity contribution in [2.75, 3.05) is 26.2 Å². The van der Waals surface area contributed by atoms with Crippen LogP contribution in [0.25, 0.3) is 0 Å². The smallest absolute Gasteiger partial charge is 0.256 e. The number of rotatable bonds is 2. The Bertz CT molecular complexity index is 528. The quantitative estimate of drug-likeness (QED) is 0.894. The molecule has 0 saturated carbocycles. The van der Waals surface area contributed by atoms with Gasteiger partial charge in [-0.05, 0) is 38.4 Å². The van der Waals surface area contributed by atoms with E-state index in [9.17, 15) is 4.79 Å². The lowest BCUT2D eigenvalue weighted by Crippen LogP contribution is -2.46. The van der Waals surface area contributed by atoms with E-state index in [0.29, 0.717) is 26.3 Å². The summed E-state index contributed by atoms with van der Waals surface area (Å²) in [5.74, 6) is -0.000592. The fourth-order valence-electron chi connectivity index (χ4n) is 3.17. The van der Waals surface area contributed by atoms with Gasteiger partial charge in [0.25, 0.3) is 5.91 Å². The van der Waals surface area contributed by atoms with Crippen molar-refractivity contribution in [2.24, 2.45) is 5.73 Å². The van der Waals surface area contributed by atoms with Crippen LogP contribution < -0.4 is 5.73 Å². The molecule has 0 aromatic carbocycles. The number of hydrogen-bond donors (Lipinski definition) is 1. The number of hydrogen-bond acceptors (Lipinski definition) is 4. The predicted molar refractivity (Wildman–Crippen MR) is 87.4 cm³/mol. The van der Waals surface area contributed by atoms with E-state index in [4.69, 9.17) is 28.9 Å².